The molecule has 0 spiro atoms. The van der Waals surface area contributed by atoms with Crippen LogP contribution in [0.5, 0.6) is 11.5 Å². The van der Waals surface area contributed by atoms with Crippen molar-refractivity contribution in [3.05, 3.63) is 87.0 Å². The molecule has 1 fully saturated rings. The number of aryl methyl sites for hydroxylation is 1. The second-order valence-electron chi connectivity index (χ2n) is 8.26. The van der Waals surface area contributed by atoms with E-state index in [1.165, 1.54) is 6.08 Å². The molecule has 1 aliphatic rings. The van der Waals surface area contributed by atoms with Gasteiger partial charge in [-0.3, -0.25) is 19.7 Å². The van der Waals surface area contributed by atoms with Crippen LogP contribution in [0.4, 0.5) is 16.2 Å². The summed E-state index contributed by atoms with van der Waals surface area (Å²) >= 11 is 2.03. The van der Waals surface area contributed by atoms with Gasteiger partial charge in [0.05, 0.1) is 15.9 Å². The van der Waals surface area contributed by atoms with E-state index in [4.69, 9.17) is 9.47 Å². The largest absolute Gasteiger partial charge is 0.490 e. The van der Waals surface area contributed by atoms with Crippen molar-refractivity contribution in [2.24, 2.45) is 0 Å². The van der Waals surface area contributed by atoms with Crippen LogP contribution in [0.2, 0.25) is 0 Å². The first-order valence-electron chi connectivity index (χ1n) is 11.7. The fourth-order valence-corrected chi connectivity index (χ4v) is 4.46. The fourth-order valence-electron chi connectivity index (χ4n) is 3.68. The molecule has 3 aromatic rings. The first-order chi connectivity index (χ1) is 18.3. The van der Waals surface area contributed by atoms with E-state index in [-0.39, 0.29) is 18.1 Å². The van der Waals surface area contributed by atoms with Crippen molar-refractivity contribution in [1.29, 1.82) is 0 Å². The topological polar surface area (TPSA) is 114 Å². The van der Waals surface area contributed by atoms with Gasteiger partial charge in [-0.1, -0.05) is 35.9 Å². The summed E-state index contributed by atoms with van der Waals surface area (Å²) in [7, 11) is 0. The minimum absolute atomic E-state index is 0.210. The number of halogens is 1. The van der Waals surface area contributed by atoms with Gasteiger partial charge in [-0.05, 0) is 84.5 Å². The lowest BCUT2D eigenvalue weighted by molar-refractivity contribution is -0.122. The zero-order valence-corrected chi connectivity index (χ0v) is 22.8. The highest BCUT2D eigenvalue weighted by Crippen LogP contribution is 2.35. The van der Waals surface area contributed by atoms with E-state index in [0.717, 1.165) is 10.5 Å². The molecule has 0 saturated carbocycles. The van der Waals surface area contributed by atoms with Crippen LogP contribution >= 0.6 is 22.6 Å². The van der Waals surface area contributed by atoms with Gasteiger partial charge in [-0.2, -0.15) is 0 Å². The maximum absolute atomic E-state index is 13.1. The molecule has 3 aromatic carbocycles. The summed E-state index contributed by atoms with van der Waals surface area (Å²) in [4.78, 5) is 51.4. The van der Waals surface area contributed by atoms with E-state index in [2.05, 4.69) is 10.6 Å². The van der Waals surface area contributed by atoms with E-state index in [0.29, 0.717) is 38.6 Å². The van der Waals surface area contributed by atoms with E-state index >= 15 is 0 Å². The normalized spacial score (nSPS) is 14.3. The summed E-state index contributed by atoms with van der Waals surface area (Å²) in [5.74, 6) is -1.18. The Labute approximate surface area is 232 Å². The first kappa shape index (κ1) is 26.9. The van der Waals surface area contributed by atoms with Crippen LogP contribution in [0.25, 0.3) is 6.08 Å². The number of carbonyl (C=O) groups is 4. The molecule has 1 saturated heterocycles. The van der Waals surface area contributed by atoms with Gasteiger partial charge >= 0.3 is 6.03 Å². The van der Waals surface area contributed by atoms with E-state index in [1.54, 1.807) is 61.5 Å². The lowest BCUT2D eigenvalue weighted by atomic mass is 10.1. The maximum Gasteiger partial charge on any atom is 0.335 e. The molecule has 0 unspecified atom stereocenters. The quantitative estimate of drug-likeness (QED) is 0.214. The number of nitrogens with zero attached hydrogens (tertiary/aromatic N) is 1. The highest BCUT2D eigenvalue weighted by Gasteiger charge is 2.36. The average Bonchev–Trinajstić information content (AvgIpc) is 2.88. The summed E-state index contributed by atoms with van der Waals surface area (Å²) in [5, 5.41) is 4.98. The Kier molecular flexibility index (Phi) is 8.41. The molecule has 9 nitrogen and oxygen atoms in total. The van der Waals surface area contributed by atoms with Crippen molar-refractivity contribution in [2.75, 3.05) is 23.4 Å². The predicted octanol–water partition coefficient (Wildman–Crippen LogP) is 4.68. The standard InChI is InChI=1S/C28H24IN3O6/c1-3-37-23-15-18(13-21-26(34)31-28(36)32(27(21)35)20-7-5-4-6-8-20)14-22(29)25(23)38-16-24(33)30-19-11-9-17(2)10-12-19/h4-15H,3,16H2,1-2H3,(H,30,33)(H,31,34,36)/b21-13+. The van der Waals surface area contributed by atoms with E-state index in [9.17, 15) is 19.2 Å². The molecule has 194 valence electrons. The number of anilines is 2. The summed E-state index contributed by atoms with van der Waals surface area (Å²) in [5.41, 5.74) is 2.35. The van der Waals surface area contributed by atoms with Gasteiger partial charge in [-0.15, -0.1) is 0 Å². The van der Waals surface area contributed by atoms with Crippen LogP contribution in [0.1, 0.15) is 18.1 Å². The molecule has 0 radical (unpaired) electrons. The molecule has 0 bridgehead atoms. The smallest absolute Gasteiger partial charge is 0.335 e. The highest BCUT2D eigenvalue weighted by molar-refractivity contribution is 14.1. The fraction of sp³-hybridized carbons (Fsp3) is 0.143. The van der Waals surface area contributed by atoms with Crippen LogP contribution in [-0.2, 0) is 14.4 Å². The minimum atomic E-state index is -0.819. The Morgan fingerprint density at radius 3 is 2.42 bits per heavy atom. The van der Waals surface area contributed by atoms with Crippen molar-refractivity contribution >= 4 is 63.8 Å². The molecule has 4 rings (SSSR count). The number of hydrogen-bond donors (Lipinski definition) is 2. The zero-order chi connectivity index (χ0) is 27.2. The third-order valence-corrected chi connectivity index (χ3v) is 6.24. The third-order valence-electron chi connectivity index (χ3n) is 5.44. The number of nitrogens with one attached hydrogen (secondary N) is 2. The van der Waals surface area contributed by atoms with Crippen LogP contribution < -0.4 is 25.0 Å². The van der Waals surface area contributed by atoms with Crippen molar-refractivity contribution in [3.63, 3.8) is 0 Å². The molecule has 10 heteroatoms. The number of para-hydroxylation sites is 1. The van der Waals surface area contributed by atoms with Gasteiger partial charge in [0.15, 0.2) is 18.1 Å². The third kappa shape index (κ3) is 6.20. The van der Waals surface area contributed by atoms with Gasteiger partial charge < -0.3 is 14.8 Å². The molecule has 0 atom stereocenters. The number of amides is 5. The molecule has 0 aromatic heterocycles. The molecule has 1 heterocycles. The second kappa shape index (κ2) is 11.9. The maximum atomic E-state index is 13.1. The Balaban J connectivity index is 1.57. The number of rotatable bonds is 8. The van der Waals surface area contributed by atoms with E-state index in [1.807, 2.05) is 41.6 Å². The number of imide groups is 2. The Morgan fingerprint density at radius 1 is 1.03 bits per heavy atom. The number of ether oxygens (including phenoxy) is 2. The Hall–Kier alpha value is -4.19. The van der Waals surface area contributed by atoms with Crippen molar-refractivity contribution in [3.8, 4) is 11.5 Å². The number of barbiturate groups is 1. The summed E-state index contributed by atoms with van der Waals surface area (Å²) < 4.78 is 12.1. The van der Waals surface area contributed by atoms with Crippen LogP contribution in [-0.4, -0.2) is 37.0 Å². The van der Waals surface area contributed by atoms with Gasteiger partial charge in [0.25, 0.3) is 17.7 Å². The number of carbonyl (C=O) groups excluding carboxylic acids is 4. The molecule has 5 amide bonds. The lowest BCUT2D eigenvalue weighted by Gasteiger charge is -2.26. The summed E-state index contributed by atoms with van der Waals surface area (Å²) in [6.45, 7) is 3.82. The summed E-state index contributed by atoms with van der Waals surface area (Å²) in [6, 6.07) is 18.2. The van der Waals surface area contributed by atoms with Crippen molar-refractivity contribution in [1.82, 2.24) is 5.32 Å². The first-order valence-corrected chi connectivity index (χ1v) is 12.8. The molecule has 2 N–H and O–H groups in total. The van der Waals surface area contributed by atoms with Crippen LogP contribution in [0, 0.1) is 10.5 Å². The van der Waals surface area contributed by atoms with Gasteiger partial charge in [-0.25, -0.2) is 9.69 Å². The van der Waals surface area contributed by atoms with Gasteiger partial charge in [0.1, 0.15) is 5.57 Å². The molecule has 38 heavy (non-hydrogen) atoms. The lowest BCUT2D eigenvalue weighted by Crippen LogP contribution is -2.54. The molecule has 0 aliphatic carbocycles. The minimum Gasteiger partial charge on any atom is -0.490 e. The van der Waals surface area contributed by atoms with Crippen molar-refractivity contribution < 1.29 is 28.7 Å². The number of benzene rings is 3. The SMILES string of the molecule is CCOc1cc(/C=C2\C(=O)NC(=O)N(c3ccccc3)C2=O)cc(I)c1OCC(=O)Nc1ccc(C)cc1. The molecular weight excluding hydrogens is 601 g/mol. The van der Waals surface area contributed by atoms with Crippen LogP contribution in [0.15, 0.2) is 72.3 Å². The van der Waals surface area contributed by atoms with Crippen LogP contribution in [0.3, 0.4) is 0 Å². The Bertz CT molecular complexity index is 1420. The predicted molar refractivity (Wildman–Crippen MR) is 151 cm³/mol. The van der Waals surface area contributed by atoms with E-state index < -0.39 is 17.8 Å². The van der Waals surface area contributed by atoms with Crippen molar-refractivity contribution in [2.45, 2.75) is 13.8 Å². The summed E-state index contributed by atoms with van der Waals surface area (Å²) in [6.07, 6.45) is 1.39. The van der Waals surface area contributed by atoms with Gasteiger partial charge in [0.2, 0.25) is 0 Å². The average molecular weight is 625 g/mol. The van der Waals surface area contributed by atoms with Gasteiger partial charge in [0, 0.05) is 5.69 Å². The molecular formula is C28H24IN3O6. The zero-order valence-electron chi connectivity index (χ0n) is 20.6. The Morgan fingerprint density at radius 2 is 1.74 bits per heavy atom. The number of urea groups is 1. The highest BCUT2D eigenvalue weighted by atomic mass is 127. The number of hydrogen-bond acceptors (Lipinski definition) is 6. The second-order valence-corrected chi connectivity index (χ2v) is 9.42. The molecule has 1 aliphatic heterocycles. The monoisotopic (exact) mass is 625 g/mol.